The molecule has 1 aliphatic heterocycles. The molecule has 1 fully saturated rings. The average molecular weight is 340 g/mol. The molecule has 2 aromatic heterocycles. The summed E-state index contributed by atoms with van der Waals surface area (Å²) in [5.41, 5.74) is 2.09. The molecule has 1 N–H and O–H groups in total. The lowest BCUT2D eigenvalue weighted by Gasteiger charge is -2.32. The summed E-state index contributed by atoms with van der Waals surface area (Å²) in [6, 6.07) is 5.50. The summed E-state index contributed by atoms with van der Waals surface area (Å²) in [6.45, 7) is 4.48. The third-order valence-corrected chi connectivity index (χ3v) is 4.00. The van der Waals surface area contributed by atoms with Crippen molar-refractivity contribution in [3.8, 4) is 0 Å². The van der Waals surface area contributed by atoms with Gasteiger partial charge in [0.25, 0.3) is 5.91 Å². The van der Waals surface area contributed by atoms with Gasteiger partial charge in [-0.2, -0.15) is 0 Å². The van der Waals surface area contributed by atoms with Crippen LogP contribution in [-0.2, 0) is 11.3 Å². The molecule has 0 bridgehead atoms. The van der Waals surface area contributed by atoms with Gasteiger partial charge < -0.3 is 15.1 Å². The lowest BCUT2D eigenvalue weighted by atomic mass is 10.2. The Labute approximate surface area is 145 Å². The molecule has 8 heteroatoms. The van der Waals surface area contributed by atoms with Crippen molar-refractivity contribution in [1.82, 2.24) is 24.8 Å². The molecule has 130 valence electrons. The first-order valence-corrected chi connectivity index (χ1v) is 8.13. The second-order valence-corrected chi connectivity index (χ2v) is 5.87. The third-order valence-electron chi connectivity index (χ3n) is 4.00. The van der Waals surface area contributed by atoms with Crippen LogP contribution < -0.4 is 5.32 Å². The van der Waals surface area contributed by atoms with Crippen molar-refractivity contribution < 1.29 is 9.59 Å². The van der Waals surface area contributed by atoms with Crippen LogP contribution in [0.5, 0.6) is 0 Å². The number of anilines is 1. The predicted molar refractivity (Wildman–Crippen MR) is 91.9 cm³/mol. The monoisotopic (exact) mass is 340 g/mol. The van der Waals surface area contributed by atoms with Gasteiger partial charge >= 0.3 is 0 Å². The summed E-state index contributed by atoms with van der Waals surface area (Å²) in [4.78, 5) is 39.6. The molecule has 3 heterocycles. The molecular weight excluding hydrogens is 320 g/mol. The Kier molecular flexibility index (Phi) is 5.17. The van der Waals surface area contributed by atoms with Crippen molar-refractivity contribution >= 4 is 18.3 Å². The van der Waals surface area contributed by atoms with Crippen LogP contribution in [0.15, 0.2) is 30.6 Å². The summed E-state index contributed by atoms with van der Waals surface area (Å²) in [6.07, 6.45) is 4.30. The van der Waals surface area contributed by atoms with E-state index in [-0.39, 0.29) is 5.91 Å². The van der Waals surface area contributed by atoms with Crippen molar-refractivity contribution in [3.63, 3.8) is 0 Å². The van der Waals surface area contributed by atoms with Gasteiger partial charge in [0, 0.05) is 50.8 Å². The van der Waals surface area contributed by atoms with E-state index in [9.17, 15) is 9.59 Å². The molecule has 0 atom stereocenters. The van der Waals surface area contributed by atoms with Crippen molar-refractivity contribution in [2.75, 3.05) is 31.5 Å². The minimum atomic E-state index is -0.138. The van der Waals surface area contributed by atoms with Gasteiger partial charge in [-0.15, -0.1) is 0 Å². The number of amides is 2. The Morgan fingerprint density at radius 3 is 2.76 bits per heavy atom. The summed E-state index contributed by atoms with van der Waals surface area (Å²) >= 11 is 0. The predicted octanol–water partition coefficient (Wildman–Crippen LogP) is 0.706. The first-order chi connectivity index (χ1) is 12.2. The molecule has 2 amide bonds. The lowest BCUT2D eigenvalue weighted by molar-refractivity contribution is -0.119. The number of rotatable bonds is 5. The van der Waals surface area contributed by atoms with Crippen molar-refractivity contribution in [2.24, 2.45) is 0 Å². The molecule has 1 saturated heterocycles. The Bertz CT molecular complexity index is 744. The summed E-state index contributed by atoms with van der Waals surface area (Å²) in [5.74, 6) is 0.277. The number of carbonyl (C=O) groups excluding carboxylic acids is 2. The number of hydrogen-bond acceptors (Lipinski definition) is 6. The molecule has 0 saturated carbocycles. The van der Waals surface area contributed by atoms with Gasteiger partial charge in [0.1, 0.15) is 5.69 Å². The van der Waals surface area contributed by atoms with Gasteiger partial charge in [0.05, 0.1) is 0 Å². The number of hydrogen-bond donors (Lipinski definition) is 1. The third kappa shape index (κ3) is 4.28. The number of pyridine rings is 1. The first-order valence-electron chi connectivity index (χ1n) is 8.13. The molecule has 0 aliphatic carbocycles. The maximum absolute atomic E-state index is 12.7. The van der Waals surface area contributed by atoms with Crippen LogP contribution in [0.4, 0.5) is 5.95 Å². The van der Waals surface area contributed by atoms with E-state index in [1.807, 2.05) is 19.1 Å². The fraction of sp³-hybridized carbons (Fsp3) is 0.353. The van der Waals surface area contributed by atoms with E-state index < -0.39 is 0 Å². The topological polar surface area (TPSA) is 91.3 Å². The van der Waals surface area contributed by atoms with Gasteiger partial charge in [-0.3, -0.25) is 14.6 Å². The van der Waals surface area contributed by atoms with E-state index in [2.05, 4.69) is 20.3 Å². The minimum absolute atomic E-state index is 0.138. The largest absolute Gasteiger partial charge is 0.350 e. The zero-order valence-electron chi connectivity index (χ0n) is 14.1. The molecule has 2 aromatic rings. The molecule has 3 rings (SSSR count). The highest BCUT2D eigenvalue weighted by molar-refractivity contribution is 5.92. The van der Waals surface area contributed by atoms with Crippen LogP contribution in [0.3, 0.4) is 0 Å². The normalized spacial score (nSPS) is 14.3. The molecule has 0 aromatic carbocycles. The fourth-order valence-corrected chi connectivity index (χ4v) is 2.63. The van der Waals surface area contributed by atoms with Crippen LogP contribution in [0.25, 0.3) is 0 Å². The van der Waals surface area contributed by atoms with E-state index >= 15 is 0 Å². The fourth-order valence-electron chi connectivity index (χ4n) is 2.63. The molecule has 1 aliphatic rings. The Hall–Kier alpha value is -3.03. The van der Waals surface area contributed by atoms with Gasteiger partial charge in [0.2, 0.25) is 12.4 Å². The quantitative estimate of drug-likeness (QED) is 0.806. The van der Waals surface area contributed by atoms with Gasteiger partial charge in [-0.25, -0.2) is 9.97 Å². The van der Waals surface area contributed by atoms with Crippen molar-refractivity contribution in [1.29, 1.82) is 0 Å². The van der Waals surface area contributed by atoms with E-state index in [0.717, 1.165) is 17.7 Å². The minimum Gasteiger partial charge on any atom is -0.350 e. The van der Waals surface area contributed by atoms with E-state index in [4.69, 9.17) is 0 Å². The average Bonchev–Trinajstić information content (AvgIpc) is 2.66. The second-order valence-electron chi connectivity index (χ2n) is 5.87. The number of aryl methyl sites for hydroxylation is 1. The second kappa shape index (κ2) is 7.69. The Morgan fingerprint density at radius 1 is 1.28 bits per heavy atom. The summed E-state index contributed by atoms with van der Waals surface area (Å²) in [7, 11) is 0. The standard InChI is InChI=1S/C17H20N6O2/c1-13-9-15(16(25)23-7-5-22(12-24)6-8-23)21-17(20-13)19-11-14-3-2-4-18-10-14/h2-4,9-10,12H,5-8,11H2,1H3,(H,19,20,21). The molecule has 0 radical (unpaired) electrons. The molecule has 8 nitrogen and oxygen atoms in total. The Balaban J connectivity index is 1.68. The highest BCUT2D eigenvalue weighted by atomic mass is 16.2. The number of nitrogens with one attached hydrogen (secondary N) is 1. The van der Waals surface area contributed by atoms with Gasteiger partial charge in [-0.05, 0) is 24.6 Å². The molecule has 0 unspecified atom stereocenters. The maximum Gasteiger partial charge on any atom is 0.272 e. The van der Waals surface area contributed by atoms with E-state index in [1.54, 1.807) is 28.3 Å². The highest BCUT2D eigenvalue weighted by Crippen LogP contribution is 2.11. The SMILES string of the molecule is Cc1cc(C(=O)N2CCN(C=O)CC2)nc(NCc2cccnc2)n1. The highest BCUT2D eigenvalue weighted by Gasteiger charge is 2.23. The van der Waals surface area contributed by atoms with Crippen molar-refractivity contribution in [3.05, 3.63) is 47.5 Å². The first kappa shape index (κ1) is 16.8. The van der Waals surface area contributed by atoms with Crippen LogP contribution in [0.2, 0.25) is 0 Å². The smallest absolute Gasteiger partial charge is 0.272 e. The summed E-state index contributed by atoms with van der Waals surface area (Å²) < 4.78 is 0. The number of aromatic nitrogens is 3. The van der Waals surface area contributed by atoms with E-state index in [1.165, 1.54) is 0 Å². The van der Waals surface area contributed by atoms with Gasteiger partial charge in [0.15, 0.2) is 0 Å². The van der Waals surface area contributed by atoms with Crippen LogP contribution in [-0.4, -0.2) is 63.2 Å². The van der Waals surface area contributed by atoms with E-state index in [0.29, 0.717) is 44.4 Å². The Morgan fingerprint density at radius 2 is 2.08 bits per heavy atom. The van der Waals surface area contributed by atoms with Crippen LogP contribution >= 0.6 is 0 Å². The molecule has 25 heavy (non-hydrogen) atoms. The number of carbonyl (C=O) groups is 2. The molecular formula is C17H20N6O2. The zero-order chi connectivity index (χ0) is 17.6. The summed E-state index contributed by atoms with van der Waals surface area (Å²) in [5, 5.41) is 3.13. The maximum atomic E-state index is 12.7. The van der Waals surface area contributed by atoms with Crippen molar-refractivity contribution in [2.45, 2.75) is 13.5 Å². The number of nitrogens with zero attached hydrogens (tertiary/aromatic N) is 5. The van der Waals surface area contributed by atoms with Crippen LogP contribution in [0, 0.1) is 6.92 Å². The number of piperazine rings is 1. The molecule has 0 spiro atoms. The van der Waals surface area contributed by atoms with Crippen LogP contribution in [0.1, 0.15) is 21.7 Å². The lowest BCUT2D eigenvalue weighted by Crippen LogP contribution is -2.48. The zero-order valence-corrected chi connectivity index (χ0v) is 14.1. The van der Waals surface area contributed by atoms with Gasteiger partial charge in [-0.1, -0.05) is 6.07 Å².